The van der Waals surface area contributed by atoms with Gasteiger partial charge in [-0.2, -0.15) is 0 Å². The van der Waals surface area contributed by atoms with Crippen molar-refractivity contribution in [3.63, 3.8) is 0 Å². The quantitative estimate of drug-likeness (QED) is 0.708. The van der Waals surface area contributed by atoms with Crippen molar-refractivity contribution in [2.45, 2.75) is 38.8 Å². The van der Waals surface area contributed by atoms with Crippen LogP contribution in [0.1, 0.15) is 26.7 Å². The maximum Gasteiger partial charge on any atom is 0.306 e. The summed E-state index contributed by atoms with van der Waals surface area (Å²) in [6.07, 6.45) is 0.796. The third-order valence-electron chi connectivity index (χ3n) is 2.67. The first-order chi connectivity index (χ1) is 6.56. The van der Waals surface area contributed by atoms with Crippen LogP contribution in [-0.2, 0) is 9.53 Å². The molecule has 0 aromatic rings. The number of ether oxygens (including phenoxy) is 1. The monoisotopic (exact) mass is 239 g/mol. The summed E-state index contributed by atoms with van der Waals surface area (Å²) in [4.78, 5) is 10.6. The second-order valence-electron chi connectivity index (χ2n) is 3.57. The fourth-order valence-electron chi connectivity index (χ4n) is 1.62. The number of nitrogens with one attached hydrogen (secondary N) is 1. The van der Waals surface area contributed by atoms with Gasteiger partial charge in [0.25, 0.3) is 0 Å². The summed E-state index contributed by atoms with van der Waals surface area (Å²) in [5.74, 6) is -0.412. The van der Waals surface area contributed by atoms with Crippen LogP contribution in [0, 0.1) is 5.92 Å². The highest BCUT2D eigenvalue weighted by Gasteiger charge is 2.26. The van der Waals surface area contributed by atoms with E-state index in [0.29, 0.717) is 5.92 Å². The Hall–Kier alpha value is -0.320. The van der Waals surface area contributed by atoms with Crippen LogP contribution in [0.3, 0.4) is 0 Å². The van der Waals surface area contributed by atoms with Crippen molar-refractivity contribution in [1.82, 2.24) is 5.32 Å². The van der Waals surface area contributed by atoms with Crippen LogP contribution in [-0.4, -0.2) is 37.4 Å². The molecule has 4 nitrogen and oxygen atoms in total. The summed E-state index contributed by atoms with van der Waals surface area (Å²) in [6.45, 7) is 4.18. The molecule has 0 unspecified atom stereocenters. The summed E-state index contributed by atoms with van der Waals surface area (Å²) >= 11 is 0. The fraction of sp³-hybridized carbons (Fsp3) is 0.900. The maximum absolute atomic E-state index is 10.6. The zero-order valence-corrected chi connectivity index (χ0v) is 10.6. The molecule has 0 radical (unpaired) electrons. The Labute approximate surface area is 97.8 Å². The molecule has 0 bridgehead atoms. The van der Waals surface area contributed by atoms with E-state index in [0.717, 1.165) is 6.42 Å². The van der Waals surface area contributed by atoms with Crippen molar-refractivity contribution in [3.8, 4) is 0 Å². The normalized spacial score (nSPS) is 16.3. The molecule has 2 N–H and O–H groups in total. The van der Waals surface area contributed by atoms with Gasteiger partial charge in [0.2, 0.25) is 0 Å². The van der Waals surface area contributed by atoms with Gasteiger partial charge in [0.15, 0.2) is 0 Å². The Balaban J connectivity index is 0. The van der Waals surface area contributed by atoms with Gasteiger partial charge in [0, 0.05) is 13.2 Å². The van der Waals surface area contributed by atoms with Gasteiger partial charge in [-0.15, -0.1) is 12.4 Å². The van der Waals surface area contributed by atoms with Crippen LogP contribution < -0.4 is 5.32 Å². The molecule has 0 rings (SSSR count). The summed E-state index contributed by atoms with van der Waals surface area (Å²) in [6, 6.07) is 0.0982. The lowest BCUT2D eigenvalue weighted by molar-refractivity contribution is -0.140. The first-order valence-electron chi connectivity index (χ1n) is 4.98. The predicted octanol–water partition coefficient (Wildman–Crippen LogP) is 1.53. The molecule has 0 aromatic carbocycles. The molecule has 0 aromatic heterocycles. The van der Waals surface area contributed by atoms with E-state index in [9.17, 15) is 4.79 Å². The van der Waals surface area contributed by atoms with Crippen molar-refractivity contribution >= 4 is 18.4 Å². The molecule has 92 valence electrons. The minimum atomic E-state index is -0.819. The average molecular weight is 240 g/mol. The fourth-order valence-corrected chi connectivity index (χ4v) is 1.62. The first-order valence-corrected chi connectivity index (χ1v) is 4.98. The Morgan fingerprint density at radius 3 is 2.33 bits per heavy atom. The number of halogens is 1. The van der Waals surface area contributed by atoms with Crippen LogP contribution in [0.25, 0.3) is 0 Å². The number of aliphatic carboxylic acids is 1. The molecule has 0 amide bonds. The number of methoxy groups -OCH3 is 1. The van der Waals surface area contributed by atoms with Gasteiger partial charge in [-0.3, -0.25) is 4.79 Å². The number of likely N-dealkylation sites (N-methyl/N-ethyl adjacent to an activating group) is 1. The van der Waals surface area contributed by atoms with E-state index in [4.69, 9.17) is 9.84 Å². The minimum absolute atomic E-state index is 0. The lowest BCUT2D eigenvalue weighted by atomic mass is 9.93. The smallest absolute Gasteiger partial charge is 0.306 e. The Morgan fingerprint density at radius 2 is 2.07 bits per heavy atom. The molecule has 3 atom stereocenters. The second-order valence-corrected chi connectivity index (χ2v) is 3.57. The topological polar surface area (TPSA) is 58.6 Å². The van der Waals surface area contributed by atoms with Crippen LogP contribution in [0.2, 0.25) is 0 Å². The van der Waals surface area contributed by atoms with E-state index in [-0.39, 0.29) is 31.0 Å². The molecule has 0 saturated carbocycles. The highest BCUT2D eigenvalue weighted by Crippen LogP contribution is 2.15. The number of hydrogen-bond donors (Lipinski definition) is 2. The molecule has 0 heterocycles. The SMILES string of the molecule is CC[C@@H](C)[C@@H](NC)[C@@H](CC(=O)O)OC.Cl. The Morgan fingerprint density at radius 1 is 1.53 bits per heavy atom. The minimum Gasteiger partial charge on any atom is -0.481 e. The van der Waals surface area contributed by atoms with Crippen molar-refractivity contribution < 1.29 is 14.6 Å². The van der Waals surface area contributed by atoms with E-state index in [1.807, 2.05) is 7.05 Å². The van der Waals surface area contributed by atoms with Crippen LogP contribution >= 0.6 is 12.4 Å². The molecule has 0 spiro atoms. The molecule has 0 saturated heterocycles. The maximum atomic E-state index is 10.6. The van der Waals surface area contributed by atoms with Crippen LogP contribution in [0.4, 0.5) is 0 Å². The van der Waals surface area contributed by atoms with Crippen LogP contribution in [0.15, 0.2) is 0 Å². The van der Waals surface area contributed by atoms with Gasteiger partial charge >= 0.3 is 5.97 Å². The zero-order valence-electron chi connectivity index (χ0n) is 9.82. The standard InChI is InChI=1S/C10H21NO3.ClH/c1-5-7(2)10(11-3)8(14-4)6-9(12)13;/h7-8,10-11H,5-6H2,1-4H3,(H,12,13);1H/t7-,8-,10-;/m1./s1. The summed E-state index contributed by atoms with van der Waals surface area (Å²) in [5.41, 5.74) is 0. The Bertz CT molecular complexity index is 178. The number of rotatable bonds is 7. The molecule has 0 aliphatic carbocycles. The molecular weight excluding hydrogens is 218 g/mol. The van der Waals surface area contributed by atoms with Crippen molar-refractivity contribution in [2.24, 2.45) is 5.92 Å². The summed E-state index contributed by atoms with van der Waals surface area (Å²) in [5, 5.41) is 11.8. The number of carbonyl (C=O) groups is 1. The molecule has 0 aliphatic heterocycles. The van der Waals surface area contributed by atoms with Gasteiger partial charge in [-0.05, 0) is 13.0 Å². The largest absolute Gasteiger partial charge is 0.481 e. The van der Waals surface area contributed by atoms with Crippen molar-refractivity contribution in [2.75, 3.05) is 14.2 Å². The zero-order chi connectivity index (χ0) is 11.1. The van der Waals surface area contributed by atoms with Gasteiger partial charge in [0.05, 0.1) is 12.5 Å². The van der Waals surface area contributed by atoms with Crippen molar-refractivity contribution in [3.05, 3.63) is 0 Å². The van der Waals surface area contributed by atoms with E-state index in [1.54, 1.807) is 7.11 Å². The lowest BCUT2D eigenvalue weighted by Crippen LogP contribution is -2.44. The second kappa shape index (κ2) is 8.95. The molecule has 15 heavy (non-hydrogen) atoms. The van der Waals surface area contributed by atoms with E-state index < -0.39 is 5.97 Å². The van der Waals surface area contributed by atoms with Crippen molar-refractivity contribution in [1.29, 1.82) is 0 Å². The van der Waals surface area contributed by atoms with Gasteiger partial charge in [-0.1, -0.05) is 20.3 Å². The van der Waals surface area contributed by atoms with Crippen LogP contribution in [0.5, 0.6) is 0 Å². The molecule has 5 heteroatoms. The first kappa shape index (κ1) is 17.1. The summed E-state index contributed by atoms with van der Waals surface area (Å²) < 4.78 is 5.19. The third kappa shape index (κ3) is 5.97. The van der Waals surface area contributed by atoms with E-state index in [2.05, 4.69) is 19.2 Å². The highest BCUT2D eigenvalue weighted by atomic mass is 35.5. The number of hydrogen-bond acceptors (Lipinski definition) is 3. The average Bonchev–Trinajstić information content (AvgIpc) is 2.16. The Kier molecular flexibility index (Phi) is 10.2. The molecule has 0 aliphatic rings. The molecule has 0 fully saturated rings. The third-order valence-corrected chi connectivity index (χ3v) is 2.67. The van der Waals surface area contributed by atoms with Gasteiger partial charge < -0.3 is 15.2 Å². The van der Waals surface area contributed by atoms with Gasteiger partial charge in [0.1, 0.15) is 0 Å². The van der Waals surface area contributed by atoms with E-state index >= 15 is 0 Å². The van der Waals surface area contributed by atoms with Gasteiger partial charge in [-0.25, -0.2) is 0 Å². The highest BCUT2D eigenvalue weighted by molar-refractivity contribution is 5.85. The molecular formula is C10H22ClNO3. The number of carboxylic acid groups (broad SMARTS) is 1. The number of carboxylic acids is 1. The summed E-state index contributed by atoms with van der Waals surface area (Å²) in [7, 11) is 3.39. The predicted molar refractivity (Wildman–Crippen MR) is 62.6 cm³/mol. The lowest BCUT2D eigenvalue weighted by Gasteiger charge is -2.29. The van der Waals surface area contributed by atoms with E-state index in [1.165, 1.54) is 0 Å².